The molecule has 1 aliphatic rings. The van der Waals surface area contributed by atoms with Crippen LogP contribution in [-0.2, 0) is 4.74 Å². The maximum absolute atomic E-state index is 11.4. The highest BCUT2D eigenvalue weighted by molar-refractivity contribution is 5.92. The molecule has 1 aromatic carbocycles. The van der Waals surface area contributed by atoms with Crippen molar-refractivity contribution in [2.75, 3.05) is 13.7 Å². The van der Waals surface area contributed by atoms with Gasteiger partial charge in [-0.15, -0.1) is 0 Å². The Labute approximate surface area is 138 Å². The lowest BCUT2D eigenvalue weighted by Gasteiger charge is -2.21. The largest absolute Gasteiger partial charge is 0.507 e. The van der Waals surface area contributed by atoms with Gasteiger partial charge in [-0.05, 0) is 24.5 Å². The van der Waals surface area contributed by atoms with Crippen LogP contribution >= 0.6 is 0 Å². The Bertz CT molecular complexity index is 492. The fourth-order valence-electron chi connectivity index (χ4n) is 3.26. The van der Waals surface area contributed by atoms with E-state index in [0.29, 0.717) is 12.4 Å². The maximum Gasteiger partial charge on any atom is 0.341 e. The first-order valence-electron chi connectivity index (χ1n) is 8.75. The lowest BCUT2D eigenvalue weighted by molar-refractivity contribution is 0.0597. The van der Waals surface area contributed by atoms with Crippen LogP contribution in [0.15, 0.2) is 18.2 Å². The molecule has 1 saturated carbocycles. The monoisotopic (exact) mass is 320 g/mol. The molecule has 0 atom stereocenters. The second-order valence-electron chi connectivity index (χ2n) is 6.37. The van der Waals surface area contributed by atoms with Crippen molar-refractivity contribution in [1.82, 2.24) is 0 Å². The van der Waals surface area contributed by atoms with Gasteiger partial charge >= 0.3 is 5.97 Å². The molecule has 0 radical (unpaired) electrons. The topological polar surface area (TPSA) is 55.8 Å². The summed E-state index contributed by atoms with van der Waals surface area (Å²) in [6.07, 6.45) is 11.9. The number of methoxy groups -OCH3 is 1. The highest BCUT2D eigenvalue weighted by Crippen LogP contribution is 2.28. The SMILES string of the molecule is COC(=O)c1ccc(OCCCCCC2CCCCC2)cc1O. The Hall–Kier alpha value is -1.71. The number of phenols is 1. The summed E-state index contributed by atoms with van der Waals surface area (Å²) in [5.74, 6) is 0.887. The van der Waals surface area contributed by atoms with Gasteiger partial charge in [0.15, 0.2) is 0 Å². The van der Waals surface area contributed by atoms with Crippen LogP contribution in [0.5, 0.6) is 11.5 Å². The fraction of sp³-hybridized carbons (Fsp3) is 0.632. The van der Waals surface area contributed by atoms with E-state index >= 15 is 0 Å². The zero-order valence-electron chi connectivity index (χ0n) is 14.1. The van der Waals surface area contributed by atoms with Crippen LogP contribution in [0.2, 0.25) is 0 Å². The molecule has 2 rings (SSSR count). The van der Waals surface area contributed by atoms with Crippen molar-refractivity contribution >= 4 is 5.97 Å². The van der Waals surface area contributed by atoms with Crippen molar-refractivity contribution in [2.45, 2.75) is 57.8 Å². The van der Waals surface area contributed by atoms with Crippen molar-refractivity contribution in [3.63, 3.8) is 0 Å². The van der Waals surface area contributed by atoms with Gasteiger partial charge < -0.3 is 14.6 Å². The molecular formula is C19H28O4. The van der Waals surface area contributed by atoms with Gasteiger partial charge in [0, 0.05) is 6.07 Å². The minimum atomic E-state index is -0.545. The number of rotatable bonds is 8. The van der Waals surface area contributed by atoms with E-state index in [9.17, 15) is 9.90 Å². The minimum Gasteiger partial charge on any atom is -0.507 e. The summed E-state index contributed by atoms with van der Waals surface area (Å²) in [6, 6.07) is 4.68. The van der Waals surface area contributed by atoms with E-state index in [1.807, 2.05) is 0 Å². The molecule has 0 heterocycles. The molecule has 4 heteroatoms. The number of carbonyl (C=O) groups excluding carboxylic acids is 1. The van der Waals surface area contributed by atoms with Gasteiger partial charge in [0.2, 0.25) is 0 Å². The zero-order valence-corrected chi connectivity index (χ0v) is 14.1. The van der Waals surface area contributed by atoms with Gasteiger partial charge in [0.05, 0.1) is 13.7 Å². The molecule has 0 amide bonds. The van der Waals surface area contributed by atoms with Crippen molar-refractivity contribution in [1.29, 1.82) is 0 Å². The Morgan fingerprint density at radius 1 is 1.17 bits per heavy atom. The summed E-state index contributed by atoms with van der Waals surface area (Å²) < 4.78 is 10.2. The highest BCUT2D eigenvalue weighted by Gasteiger charge is 2.13. The molecule has 1 aromatic rings. The summed E-state index contributed by atoms with van der Waals surface area (Å²) in [5, 5.41) is 9.80. The first kappa shape index (κ1) is 17.6. The van der Waals surface area contributed by atoms with Crippen LogP contribution in [-0.4, -0.2) is 24.8 Å². The average Bonchev–Trinajstić information content (AvgIpc) is 2.58. The van der Waals surface area contributed by atoms with Gasteiger partial charge in [-0.1, -0.05) is 51.4 Å². The summed E-state index contributed by atoms with van der Waals surface area (Å²) in [7, 11) is 1.29. The van der Waals surface area contributed by atoms with E-state index in [1.54, 1.807) is 6.07 Å². The number of hydrogen-bond acceptors (Lipinski definition) is 4. The number of esters is 1. The molecule has 1 N–H and O–H groups in total. The number of phenolic OH excluding ortho intramolecular Hbond substituents is 1. The van der Waals surface area contributed by atoms with Crippen LogP contribution in [0.25, 0.3) is 0 Å². The molecule has 1 aliphatic carbocycles. The van der Waals surface area contributed by atoms with Gasteiger partial charge in [-0.2, -0.15) is 0 Å². The van der Waals surface area contributed by atoms with E-state index in [-0.39, 0.29) is 11.3 Å². The molecule has 0 spiro atoms. The predicted molar refractivity (Wildman–Crippen MR) is 90.0 cm³/mol. The molecule has 0 saturated heterocycles. The summed E-state index contributed by atoms with van der Waals surface area (Å²) in [4.78, 5) is 11.4. The maximum atomic E-state index is 11.4. The van der Waals surface area contributed by atoms with E-state index in [2.05, 4.69) is 4.74 Å². The van der Waals surface area contributed by atoms with Crippen LogP contribution in [0.1, 0.15) is 68.1 Å². The van der Waals surface area contributed by atoms with Crippen LogP contribution < -0.4 is 4.74 Å². The Morgan fingerprint density at radius 3 is 2.65 bits per heavy atom. The first-order chi connectivity index (χ1) is 11.2. The van der Waals surface area contributed by atoms with E-state index in [0.717, 1.165) is 12.3 Å². The third-order valence-corrected chi connectivity index (χ3v) is 4.62. The number of unbranched alkanes of at least 4 members (excludes halogenated alkanes) is 2. The number of carbonyl (C=O) groups is 1. The molecule has 128 valence electrons. The minimum absolute atomic E-state index is 0.105. The Kier molecular flexibility index (Phi) is 7.24. The van der Waals surface area contributed by atoms with E-state index < -0.39 is 5.97 Å². The molecule has 0 unspecified atom stereocenters. The van der Waals surface area contributed by atoms with Crippen molar-refractivity contribution in [2.24, 2.45) is 5.92 Å². The van der Waals surface area contributed by atoms with Crippen molar-refractivity contribution in [3.8, 4) is 11.5 Å². The Morgan fingerprint density at radius 2 is 1.96 bits per heavy atom. The third-order valence-electron chi connectivity index (χ3n) is 4.62. The van der Waals surface area contributed by atoms with Gasteiger partial charge in [0.1, 0.15) is 17.1 Å². The average molecular weight is 320 g/mol. The molecule has 0 aliphatic heterocycles. The predicted octanol–water partition coefficient (Wildman–Crippen LogP) is 4.70. The summed E-state index contributed by atoms with van der Waals surface area (Å²) in [5.41, 5.74) is 0.160. The second kappa shape index (κ2) is 9.43. The normalized spacial score (nSPS) is 15.3. The molecule has 1 fully saturated rings. The lowest BCUT2D eigenvalue weighted by atomic mass is 9.86. The summed E-state index contributed by atoms with van der Waals surface area (Å²) >= 11 is 0. The second-order valence-corrected chi connectivity index (χ2v) is 6.37. The summed E-state index contributed by atoms with van der Waals surface area (Å²) in [6.45, 7) is 0.641. The molecular weight excluding hydrogens is 292 g/mol. The molecule has 0 aromatic heterocycles. The van der Waals surface area contributed by atoms with Gasteiger partial charge in [-0.3, -0.25) is 0 Å². The van der Waals surface area contributed by atoms with Crippen LogP contribution in [0, 0.1) is 5.92 Å². The third kappa shape index (κ3) is 5.77. The smallest absolute Gasteiger partial charge is 0.341 e. The zero-order chi connectivity index (χ0) is 16.5. The number of hydrogen-bond donors (Lipinski definition) is 1. The lowest BCUT2D eigenvalue weighted by Crippen LogP contribution is -2.06. The molecule has 0 bridgehead atoms. The molecule has 4 nitrogen and oxygen atoms in total. The van der Waals surface area contributed by atoms with Gasteiger partial charge in [0.25, 0.3) is 0 Å². The van der Waals surface area contributed by atoms with E-state index in [4.69, 9.17) is 4.74 Å². The van der Waals surface area contributed by atoms with Crippen LogP contribution in [0.3, 0.4) is 0 Å². The van der Waals surface area contributed by atoms with Crippen molar-refractivity contribution in [3.05, 3.63) is 23.8 Å². The van der Waals surface area contributed by atoms with Gasteiger partial charge in [-0.25, -0.2) is 4.79 Å². The van der Waals surface area contributed by atoms with Crippen molar-refractivity contribution < 1.29 is 19.4 Å². The number of aromatic hydroxyl groups is 1. The quantitative estimate of drug-likeness (QED) is 0.557. The first-order valence-corrected chi connectivity index (χ1v) is 8.75. The highest BCUT2D eigenvalue weighted by atomic mass is 16.5. The Balaban J connectivity index is 1.62. The number of ether oxygens (including phenoxy) is 2. The molecule has 23 heavy (non-hydrogen) atoms. The standard InChI is InChI=1S/C19H28O4/c1-22-19(21)17-12-11-16(14-18(17)20)23-13-7-3-6-10-15-8-4-2-5-9-15/h11-12,14-15,20H,2-10,13H2,1H3. The fourth-order valence-corrected chi connectivity index (χ4v) is 3.26. The van der Waals surface area contributed by atoms with Crippen LogP contribution in [0.4, 0.5) is 0 Å². The van der Waals surface area contributed by atoms with E-state index in [1.165, 1.54) is 70.6 Å². The number of benzene rings is 1.